The molecular weight excluding hydrogens is 228 g/mol. The first kappa shape index (κ1) is 15.4. The average Bonchev–Trinajstić information content (AvgIpc) is 2.34. The monoisotopic (exact) mass is 256 g/mol. The number of carbonyl (C=O) groups is 1. The maximum atomic E-state index is 12.2. The van der Waals surface area contributed by atoms with E-state index in [2.05, 4.69) is 24.5 Å². The van der Waals surface area contributed by atoms with Gasteiger partial charge in [-0.25, -0.2) is 0 Å². The van der Waals surface area contributed by atoms with Gasteiger partial charge in [0.25, 0.3) is 0 Å². The van der Waals surface area contributed by atoms with Gasteiger partial charge in [0, 0.05) is 19.7 Å². The Kier molecular flexibility index (Phi) is 5.60. The fraction of sp³-hybridized carbons (Fsp3) is 0.929. The highest BCUT2D eigenvalue weighted by atomic mass is 16.2. The fourth-order valence-corrected chi connectivity index (χ4v) is 2.43. The second-order valence-corrected chi connectivity index (χ2v) is 6.52. The predicted molar refractivity (Wildman–Crippen MR) is 73.3 cm³/mol. The third-order valence-electron chi connectivity index (χ3n) is 3.88. The summed E-state index contributed by atoms with van der Waals surface area (Å²) in [4.78, 5) is 12.2. The quantitative estimate of drug-likeness (QED) is 0.671. The van der Waals surface area contributed by atoms with Crippen molar-refractivity contribution in [1.29, 1.82) is 0 Å². The molecule has 1 atom stereocenters. The molecule has 1 heterocycles. The largest absolute Gasteiger partial charge is 0.396 e. The Morgan fingerprint density at radius 2 is 2.22 bits per heavy atom. The first-order valence-electron chi connectivity index (χ1n) is 7.00. The molecule has 1 amide bonds. The number of hydrogen-bond acceptors (Lipinski definition) is 3. The molecule has 1 saturated heterocycles. The van der Waals surface area contributed by atoms with E-state index in [1.165, 1.54) is 0 Å². The fourth-order valence-electron chi connectivity index (χ4n) is 2.43. The molecule has 4 heteroatoms. The Bertz CT molecular complexity index is 271. The molecule has 3 N–H and O–H groups in total. The molecule has 0 aromatic carbocycles. The molecule has 0 bridgehead atoms. The summed E-state index contributed by atoms with van der Waals surface area (Å²) in [6, 6.07) is 0. The maximum Gasteiger partial charge on any atom is 0.227 e. The van der Waals surface area contributed by atoms with Crippen molar-refractivity contribution in [3.8, 4) is 0 Å². The van der Waals surface area contributed by atoms with Crippen LogP contribution in [0, 0.1) is 10.8 Å². The smallest absolute Gasteiger partial charge is 0.227 e. The van der Waals surface area contributed by atoms with Crippen molar-refractivity contribution in [1.82, 2.24) is 10.6 Å². The van der Waals surface area contributed by atoms with E-state index in [-0.39, 0.29) is 23.3 Å². The lowest BCUT2D eigenvalue weighted by Crippen LogP contribution is -2.50. The summed E-state index contributed by atoms with van der Waals surface area (Å²) in [5.74, 6) is 0.159. The summed E-state index contributed by atoms with van der Waals surface area (Å²) in [5, 5.41) is 15.2. The molecule has 1 aliphatic heterocycles. The molecule has 1 rings (SSSR count). The van der Waals surface area contributed by atoms with E-state index in [4.69, 9.17) is 5.11 Å². The highest BCUT2D eigenvalue weighted by Gasteiger charge is 2.35. The van der Waals surface area contributed by atoms with Crippen molar-refractivity contribution in [2.24, 2.45) is 10.8 Å². The van der Waals surface area contributed by atoms with Crippen molar-refractivity contribution in [3.05, 3.63) is 0 Å². The third-order valence-corrected chi connectivity index (χ3v) is 3.88. The Morgan fingerprint density at radius 3 is 2.78 bits per heavy atom. The van der Waals surface area contributed by atoms with Gasteiger partial charge in [-0.1, -0.05) is 13.8 Å². The van der Waals surface area contributed by atoms with E-state index in [9.17, 15) is 4.79 Å². The van der Waals surface area contributed by atoms with Crippen LogP contribution < -0.4 is 10.6 Å². The Balaban J connectivity index is 2.40. The van der Waals surface area contributed by atoms with Gasteiger partial charge in [0.15, 0.2) is 0 Å². The number of aliphatic hydroxyl groups excluding tert-OH is 1. The normalized spacial score (nSPS) is 24.9. The van der Waals surface area contributed by atoms with Crippen molar-refractivity contribution >= 4 is 5.91 Å². The van der Waals surface area contributed by atoms with Crippen LogP contribution in [0.3, 0.4) is 0 Å². The van der Waals surface area contributed by atoms with Crippen LogP contribution in [0.4, 0.5) is 0 Å². The molecule has 0 aliphatic carbocycles. The van der Waals surface area contributed by atoms with Crippen LogP contribution in [0.2, 0.25) is 0 Å². The Hall–Kier alpha value is -0.610. The molecule has 0 aromatic heterocycles. The number of nitrogens with one attached hydrogen (secondary N) is 2. The molecule has 0 spiro atoms. The number of piperidine rings is 1. The van der Waals surface area contributed by atoms with Crippen molar-refractivity contribution < 1.29 is 9.90 Å². The number of carbonyl (C=O) groups excluding carboxylic acids is 1. The number of amides is 1. The lowest BCUT2D eigenvalue weighted by Gasteiger charge is -2.34. The van der Waals surface area contributed by atoms with Crippen LogP contribution in [-0.4, -0.2) is 37.3 Å². The minimum absolute atomic E-state index is 0.0524. The lowest BCUT2D eigenvalue weighted by molar-refractivity contribution is -0.131. The standard InChI is InChI=1S/C14H28N2O2/c1-13(2,6-5-9-17)10-16-12(18)14(3)7-4-8-15-11-14/h15,17H,4-11H2,1-3H3,(H,16,18). The summed E-state index contributed by atoms with van der Waals surface area (Å²) in [7, 11) is 0. The van der Waals surface area contributed by atoms with E-state index >= 15 is 0 Å². The Morgan fingerprint density at radius 1 is 1.50 bits per heavy atom. The van der Waals surface area contributed by atoms with Crippen LogP contribution in [0.25, 0.3) is 0 Å². The SMILES string of the molecule is CC(C)(CCCO)CNC(=O)C1(C)CCCNC1. The number of aliphatic hydroxyl groups is 1. The maximum absolute atomic E-state index is 12.2. The molecule has 106 valence electrons. The summed E-state index contributed by atoms with van der Waals surface area (Å²) < 4.78 is 0. The zero-order valence-corrected chi connectivity index (χ0v) is 12.0. The molecule has 1 fully saturated rings. The molecule has 4 nitrogen and oxygen atoms in total. The van der Waals surface area contributed by atoms with Gasteiger partial charge in [0.1, 0.15) is 0 Å². The van der Waals surface area contributed by atoms with Gasteiger partial charge in [0.05, 0.1) is 5.41 Å². The highest BCUT2D eigenvalue weighted by molar-refractivity contribution is 5.82. The molecule has 0 saturated carbocycles. The van der Waals surface area contributed by atoms with Crippen molar-refractivity contribution in [2.75, 3.05) is 26.2 Å². The van der Waals surface area contributed by atoms with Crippen molar-refractivity contribution in [3.63, 3.8) is 0 Å². The van der Waals surface area contributed by atoms with Crippen molar-refractivity contribution in [2.45, 2.75) is 46.5 Å². The van der Waals surface area contributed by atoms with Crippen LogP contribution in [0.1, 0.15) is 46.5 Å². The number of hydrogen-bond donors (Lipinski definition) is 3. The van der Waals surface area contributed by atoms with Crippen LogP contribution >= 0.6 is 0 Å². The zero-order valence-electron chi connectivity index (χ0n) is 12.0. The molecular formula is C14H28N2O2. The van der Waals surface area contributed by atoms with E-state index in [1.54, 1.807) is 0 Å². The van der Waals surface area contributed by atoms with Crippen LogP contribution in [0.15, 0.2) is 0 Å². The second-order valence-electron chi connectivity index (χ2n) is 6.52. The number of rotatable bonds is 6. The third kappa shape index (κ3) is 4.58. The van der Waals surface area contributed by atoms with Gasteiger partial charge in [-0.3, -0.25) is 4.79 Å². The minimum atomic E-state index is -0.259. The predicted octanol–water partition coefficient (Wildman–Crippen LogP) is 1.29. The summed E-state index contributed by atoms with van der Waals surface area (Å²) in [6.45, 7) is 8.99. The van der Waals surface area contributed by atoms with E-state index in [0.717, 1.165) is 38.8 Å². The molecule has 1 unspecified atom stereocenters. The molecule has 1 aliphatic rings. The molecule has 0 aromatic rings. The van der Waals surface area contributed by atoms with Gasteiger partial charge >= 0.3 is 0 Å². The summed E-state index contributed by atoms with van der Waals surface area (Å²) >= 11 is 0. The second kappa shape index (κ2) is 6.53. The summed E-state index contributed by atoms with van der Waals surface area (Å²) in [6.07, 6.45) is 3.75. The lowest BCUT2D eigenvalue weighted by atomic mass is 9.81. The van der Waals surface area contributed by atoms with E-state index in [0.29, 0.717) is 6.54 Å². The zero-order chi connectivity index (χ0) is 13.6. The van der Waals surface area contributed by atoms with Crippen LogP contribution in [-0.2, 0) is 4.79 Å². The minimum Gasteiger partial charge on any atom is -0.396 e. The average molecular weight is 256 g/mol. The first-order valence-corrected chi connectivity index (χ1v) is 7.00. The molecule has 0 radical (unpaired) electrons. The van der Waals surface area contributed by atoms with Gasteiger partial charge < -0.3 is 15.7 Å². The summed E-state index contributed by atoms with van der Waals surface area (Å²) in [5.41, 5.74) is -0.206. The van der Waals surface area contributed by atoms with E-state index < -0.39 is 0 Å². The topological polar surface area (TPSA) is 61.4 Å². The van der Waals surface area contributed by atoms with Gasteiger partial charge in [-0.2, -0.15) is 0 Å². The van der Waals surface area contributed by atoms with E-state index in [1.807, 2.05) is 6.92 Å². The van der Waals surface area contributed by atoms with Gasteiger partial charge in [-0.05, 0) is 44.6 Å². The molecule has 18 heavy (non-hydrogen) atoms. The first-order chi connectivity index (χ1) is 8.40. The highest BCUT2D eigenvalue weighted by Crippen LogP contribution is 2.27. The Labute approximate surface area is 111 Å². The van der Waals surface area contributed by atoms with Gasteiger partial charge in [-0.15, -0.1) is 0 Å². The van der Waals surface area contributed by atoms with Crippen LogP contribution in [0.5, 0.6) is 0 Å². The van der Waals surface area contributed by atoms with Gasteiger partial charge in [0.2, 0.25) is 5.91 Å².